The summed E-state index contributed by atoms with van der Waals surface area (Å²) in [6, 6.07) is 15.9. The van der Waals surface area contributed by atoms with Crippen molar-refractivity contribution in [3.05, 3.63) is 65.8 Å². The number of aromatic nitrogens is 1. The van der Waals surface area contributed by atoms with Crippen molar-refractivity contribution in [3.8, 4) is 17.2 Å². The fourth-order valence-electron chi connectivity index (χ4n) is 2.54. The minimum absolute atomic E-state index is 0.124. The summed E-state index contributed by atoms with van der Waals surface area (Å²) in [6.07, 6.45) is 1.63. The maximum atomic E-state index is 12.0. The maximum Gasteiger partial charge on any atom is 0.263 e. The zero-order valence-electron chi connectivity index (χ0n) is 14.6. The summed E-state index contributed by atoms with van der Waals surface area (Å²) in [6.45, 7) is 0.108. The third-order valence-corrected chi connectivity index (χ3v) is 4.13. The molecule has 4 rings (SSSR count). The molecule has 2 heterocycles. The number of anilines is 3. The molecule has 1 aliphatic heterocycles. The zero-order valence-corrected chi connectivity index (χ0v) is 15.4. The van der Waals surface area contributed by atoms with Gasteiger partial charge in [-0.2, -0.15) is 0 Å². The highest BCUT2D eigenvalue weighted by Gasteiger charge is 2.13. The van der Waals surface area contributed by atoms with Gasteiger partial charge < -0.3 is 24.8 Å². The largest absolute Gasteiger partial charge is 0.484 e. The summed E-state index contributed by atoms with van der Waals surface area (Å²) >= 11 is 5.81. The molecule has 0 saturated heterocycles. The van der Waals surface area contributed by atoms with E-state index in [4.69, 9.17) is 25.8 Å². The van der Waals surface area contributed by atoms with Crippen molar-refractivity contribution in [1.82, 2.24) is 4.98 Å². The molecule has 142 valence electrons. The average Bonchev–Trinajstić information content (AvgIpc) is 3.17. The highest BCUT2D eigenvalue weighted by atomic mass is 35.5. The molecule has 0 spiro atoms. The molecule has 2 aromatic carbocycles. The van der Waals surface area contributed by atoms with Crippen molar-refractivity contribution in [1.29, 1.82) is 0 Å². The zero-order chi connectivity index (χ0) is 19.3. The van der Waals surface area contributed by atoms with Gasteiger partial charge in [0.15, 0.2) is 18.1 Å². The number of halogens is 1. The van der Waals surface area contributed by atoms with Crippen molar-refractivity contribution in [2.75, 3.05) is 24.0 Å². The van der Waals surface area contributed by atoms with E-state index in [0.717, 1.165) is 17.1 Å². The first kappa shape index (κ1) is 17.9. The molecule has 0 unspecified atom stereocenters. The Morgan fingerprint density at radius 1 is 1.04 bits per heavy atom. The minimum Gasteiger partial charge on any atom is -0.484 e. The number of hydrogen-bond acceptors (Lipinski definition) is 6. The lowest BCUT2D eigenvalue weighted by atomic mass is 10.2. The molecule has 2 N–H and O–H groups in total. The van der Waals surface area contributed by atoms with Crippen LogP contribution in [0.3, 0.4) is 0 Å². The third kappa shape index (κ3) is 4.44. The van der Waals surface area contributed by atoms with E-state index in [2.05, 4.69) is 15.6 Å². The lowest BCUT2D eigenvalue weighted by Crippen LogP contribution is -2.20. The van der Waals surface area contributed by atoms with Crippen molar-refractivity contribution < 1.29 is 19.0 Å². The van der Waals surface area contributed by atoms with Gasteiger partial charge in [0.1, 0.15) is 11.6 Å². The summed E-state index contributed by atoms with van der Waals surface area (Å²) in [5, 5.41) is 6.51. The fraction of sp³-hybridized carbons (Fsp3) is 0.100. The van der Waals surface area contributed by atoms with Crippen LogP contribution in [-0.4, -0.2) is 24.3 Å². The lowest BCUT2D eigenvalue weighted by Gasteiger charge is -2.09. The van der Waals surface area contributed by atoms with Gasteiger partial charge in [0.25, 0.3) is 5.91 Å². The van der Waals surface area contributed by atoms with E-state index in [9.17, 15) is 4.79 Å². The number of carbonyl (C=O) groups excluding carboxylic acids is 1. The first-order valence-corrected chi connectivity index (χ1v) is 8.84. The molecule has 8 heteroatoms. The van der Waals surface area contributed by atoms with Gasteiger partial charge in [-0.05, 0) is 48.5 Å². The van der Waals surface area contributed by atoms with E-state index in [1.54, 1.807) is 36.5 Å². The summed E-state index contributed by atoms with van der Waals surface area (Å²) in [7, 11) is 0. The van der Waals surface area contributed by atoms with Gasteiger partial charge in [0, 0.05) is 16.8 Å². The molecule has 3 aromatic rings. The number of fused-ring (bicyclic) bond motifs is 1. The first-order chi connectivity index (χ1) is 13.7. The van der Waals surface area contributed by atoms with Gasteiger partial charge >= 0.3 is 0 Å². The summed E-state index contributed by atoms with van der Waals surface area (Å²) < 4.78 is 16.0. The molecular formula is C20H16ClN3O4. The van der Waals surface area contributed by atoms with E-state index in [0.29, 0.717) is 22.3 Å². The summed E-state index contributed by atoms with van der Waals surface area (Å²) in [5.74, 6) is 2.11. The second kappa shape index (κ2) is 8.06. The van der Waals surface area contributed by atoms with Gasteiger partial charge in [0.2, 0.25) is 6.79 Å². The molecule has 0 atom stereocenters. The SMILES string of the molecule is O=C(COc1ccc(Cl)cc1)Nc1ccc(Nc2ccc3c(c2)OCO3)cn1. The number of carbonyl (C=O) groups is 1. The Balaban J connectivity index is 1.30. The number of hydrogen-bond donors (Lipinski definition) is 2. The molecule has 1 amide bonds. The van der Waals surface area contributed by atoms with Crippen LogP contribution >= 0.6 is 11.6 Å². The van der Waals surface area contributed by atoms with E-state index >= 15 is 0 Å². The summed E-state index contributed by atoms with van der Waals surface area (Å²) in [4.78, 5) is 16.2. The van der Waals surface area contributed by atoms with Crippen LogP contribution in [0.5, 0.6) is 17.2 Å². The highest BCUT2D eigenvalue weighted by Crippen LogP contribution is 2.35. The van der Waals surface area contributed by atoms with Crippen molar-refractivity contribution >= 4 is 34.7 Å². The van der Waals surface area contributed by atoms with Gasteiger partial charge in [0.05, 0.1) is 11.9 Å². The Morgan fingerprint density at radius 3 is 2.61 bits per heavy atom. The molecule has 28 heavy (non-hydrogen) atoms. The Hall–Kier alpha value is -3.45. The van der Waals surface area contributed by atoms with Crippen molar-refractivity contribution in [2.45, 2.75) is 0 Å². The van der Waals surface area contributed by atoms with Crippen LogP contribution in [0, 0.1) is 0 Å². The number of pyridine rings is 1. The predicted molar refractivity (Wildman–Crippen MR) is 106 cm³/mol. The molecule has 1 aliphatic rings. The van der Waals surface area contributed by atoms with Gasteiger partial charge in [-0.3, -0.25) is 4.79 Å². The van der Waals surface area contributed by atoms with Crippen LogP contribution < -0.4 is 24.8 Å². The predicted octanol–water partition coefficient (Wildman–Crippen LogP) is 4.22. The van der Waals surface area contributed by atoms with E-state index < -0.39 is 0 Å². The van der Waals surface area contributed by atoms with Crippen LogP contribution in [0.4, 0.5) is 17.2 Å². The first-order valence-electron chi connectivity index (χ1n) is 8.47. The number of benzene rings is 2. The highest BCUT2D eigenvalue weighted by molar-refractivity contribution is 6.30. The van der Waals surface area contributed by atoms with Gasteiger partial charge in [-0.1, -0.05) is 11.6 Å². The number of amides is 1. The summed E-state index contributed by atoms with van der Waals surface area (Å²) in [5.41, 5.74) is 1.62. The second-order valence-electron chi connectivity index (χ2n) is 5.92. The molecule has 0 radical (unpaired) electrons. The normalized spacial score (nSPS) is 11.8. The lowest BCUT2D eigenvalue weighted by molar-refractivity contribution is -0.118. The quantitative estimate of drug-likeness (QED) is 0.648. The number of nitrogens with one attached hydrogen (secondary N) is 2. The molecule has 0 aliphatic carbocycles. The monoisotopic (exact) mass is 397 g/mol. The maximum absolute atomic E-state index is 12.0. The molecule has 7 nitrogen and oxygen atoms in total. The molecular weight excluding hydrogens is 382 g/mol. The van der Waals surface area contributed by atoms with Crippen molar-refractivity contribution in [3.63, 3.8) is 0 Å². The number of nitrogens with zero attached hydrogens (tertiary/aromatic N) is 1. The standard InChI is InChI=1S/C20H16ClN3O4/c21-13-1-5-16(6-2-13)26-11-20(25)24-19-8-4-15(10-22-19)23-14-3-7-17-18(9-14)28-12-27-17/h1-10,23H,11-12H2,(H,22,24,25). The Labute approximate surface area is 166 Å². The van der Waals surface area contributed by atoms with Crippen LogP contribution in [-0.2, 0) is 4.79 Å². The van der Waals surface area contributed by atoms with Gasteiger partial charge in [-0.15, -0.1) is 0 Å². The molecule has 0 bridgehead atoms. The number of ether oxygens (including phenoxy) is 3. The number of rotatable bonds is 6. The van der Waals surface area contributed by atoms with Crippen LogP contribution in [0.25, 0.3) is 0 Å². The third-order valence-electron chi connectivity index (χ3n) is 3.88. The van der Waals surface area contributed by atoms with E-state index in [1.165, 1.54) is 0 Å². The molecule has 0 saturated carbocycles. The Morgan fingerprint density at radius 2 is 1.82 bits per heavy atom. The second-order valence-corrected chi connectivity index (χ2v) is 6.35. The van der Waals surface area contributed by atoms with E-state index in [1.807, 2.05) is 24.3 Å². The average molecular weight is 398 g/mol. The Bertz CT molecular complexity index is 978. The van der Waals surface area contributed by atoms with Crippen LogP contribution in [0.15, 0.2) is 60.8 Å². The van der Waals surface area contributed by atoms with Crippen molar-refractivity contribution in [2.24, 2.45) is 0 Å². The van der Waals surface area contributed by atoms with Crippen LogP contribution in [0.2, 0.25) is 5.02 Å². The Kier molecular flexibility index (Phi) is 5.16. The van der Waals surface area contributed by atoms with Gasteiger partial charge in [-0.25, -0.2) is 4.98 Å². The topological polar surface area (TPSA) is 81.7 Å². The smallest absolute Gasteiger partial charge is 0.263 e. The molecule has 1 aromatic heterocycles. The molecule has 0 fully saturated rings. The van der Waals surface area contributed by atoms with Crippen LogP contribution in [0.1, 0.15) is 0 Å². The fourth-order valence-corrected chi connectivity index (χ4v) is 2.67. The minimum atomic E-state index is -0.307. The van der Waals surface area contributed by atoms with E-state index in [-0.39, 0.29) is 19.3 Å².